The molecule has 266 valence electrons. The van der Waals surface area contributed by atoms with Crippen LogP contribution in [0.4, 0.5) is 0 Å². The molecule has 13 unspecified atom stereocenters. The summed E-state index contributed by atoms with van der Waals surface area (Å²) in [6, 6.07) is -5.22. The number of aliphatic hydroxyl groups is 3. The lowest BCUT2D eigenvalue weighted by molar-refractivity contribution is -0.313. The van der Waals surface area contributed by atoms with E-state index in [1.165, 1.54) is 20.8 Å². The summed E-state index contributed by atoms with van der Waals surface area (Å²) in [4.78, 5) is 72.1. The number of fused-ring (bicyclic) bond motifs is 2. The zero-order valence-corrected chi connectivity index (χ0v) is 26.1. The zero-order valence-electron chi connectivity index (χ0n) is 26.1. The molecule has 0 spiro atoms. The van der Waals surface area contributed by atoms with Crippen LogP contribution in [0.25, 0.3) is 0 Å². The minimum Gasteiger partial charge on any atom is -0.481 e. The van der Waals surface area contributed by atoms with Gasteiger partial charge in [-0.25, -0.2) is 4.79 Å². The fourth-order valence-corrected chi connectivity index (χ4v) is 5.34. The van der Waals surface area contributed by atoms with Crippen molar-refractivity contribution in [2.75, 3.05) is 13.2 Å². The van der Waals surface area contributed by atoms with Crippen molar-refractivity contribution in [1.29, 1.82) is 0 Å². The van der Waals surface area contributed by atoms with Gasteiger partial charge >= 0.3 is 11.9 Å². The van der Waals surface area contributed by atoms with Crippen LogP contribution in [0.3, 0.4) is 0 Å². The van der Waals surface area contributed by atoms with E-state index < -0.39 is 128 Å². The Balaban J connectivity index is 1.80. The molecule has 0 radical (unpaired) electrons. The Morgan fingerprint density at radius 3 is 2.09 bits per heavy atom. The monoisotopic (exact) mass is 678 g/mol. The number of carboxylic acids is 2. The normalized spacial score (nSPS) is 33.5. The van der Waals surface area contributed by atoms with Crippen LogP contribution in [0, 0.1) is 0 Å². The molecule has 0 aromatic rings. The largest absolute Gasteiger partial charge is 0.481 e. The van der Waals surface area contributed by atoms with Crippen LogP contribution in [0.15, 0.2) is 0 Å². The molecule has 9 N–H and O–H groups in total. The number of aliphatic carboxylic acids is 2. The number of ether oxygens (including phenoxy) is 5. The molecular weight excluding hydrogens is 636 g/mol. The predicted octanol–water partition coefficient (Wildman–Crippen LogP) is -4.71. The second kappa shape index (κ2) is 16.6. The molecule has 3 rings (SSSR count). The summed E-state index contributed by atoms with van der Waals surface area (Å²) in [5.74, 6) is -5.59. The molecule has 20 nitrogen and oxygen atoms in total. The molecule has 3 saturated heterocycles. The van der Waals surface area contributed by atoms with Crippen LogP contribution in [-0.2, 0) is 52.5 Å². The minimum absolute atomic E-state index is 0.0676. The Kier molecular flexibility index (Phi) is 13.4. The molecule has 3 fully saturated rings. The highest BCUT2D eigenvalue weighted by atomic mass is 16.8. The lowest BCUT2D eigenvalue weighted by Crippen LogP contribution is -2.68. The molecule has 0 aliphatic carbocycles. The molecule has 3 aliphatic heterocycles. The first kappa shape index (κ1) is 38.0. The first-order valence-corrected chi connectivity index (χ1v) is 14.8. The van der Waals surface area contributed by atoms with Crippen molar-refractivity contribution >= 4 is 35.6 Å². The van der Waals surface area contributed by atoms with E-state index in [1.807, 2.05) is 0 Å². The van der Waals surface area contributed by atoms with E-state index in [4.69, 9.17) is 28.8 Å². The summed E-state index contributed by atoms with van der Waals surface area (Å²) in [6.07, 6.45) is -12.7. The molecule has 0 saturated carbocycles. The van der Waals surface area contributed by atoms with Crippen LogP contribution in [-0.4, -0.2) is 154 Å². The van der Waals surface area contributed by atoms with E-state index in [1.54, 1.807) is 0 Å². The third-order valence-electron chi connectivity index (χ3n) is 7.73. The molecular formula is C27H42N4O16. The number of aliphatic hydroxyl groups excluding tert-OH is 3. The highest BCUT2D eigenvalue weighted by Crippen LogP contribution is 2.35. The molecule has 3 heterocycles. The van der Waals surface area contributed by atoms with Crippen LogP contribution < -0.4 is 21.3 Å². The Bertz CT molecular complexity index is 1170. The van der Waals surface area contributed by atoms with Gasteiger partial charge in [-0.05, 0) is 20.3 Å². The fraction of sp³-hybridized carbons (Fsp3) is 0.778. The van der Waals surface area contributed by atoms with Gasteiger partial charge in [-0.1, -0.05) is 0 Å². The van der Waals surface area contributed by atoms with E-state index in [9.17, 15) is 49.2 Å². The first-order valence-electron chi connectivity index (χ1n) is 14.8. The topological polar surface area (TPSA) is 298 Å². The van der Waals surface area contributed by atoms with Crippen LogP contribution in [0.1, 0.15) is 40.5 Å². The Morgan fingerprint density at radius 2 is 1.51 bits per heavy atom. The summed E-state index contributed by atoms with van der Waals surface area (Å²) < 4.78 is 29.4. The SMILES string of the molecule is CC(=O)NC1C(OC2C3COC(O3)C(NC(C)=O)C2OC(C)C(=O)NC(C)C(=O)NC(CCC(=O)O)C(=O)O)OC(CO)C(O)C1O. The first-order chi connectivity index (χ1) is 22.0. The van der Waals surface area contributed by atoms with Crippen molar-refractivity contribution in [3.63, 3.8) is 0 Å². The van der Waals surface area contributed by atoms with Gasteiger partial charge in [0.15, 0.2) is 12.6 Å². The molecule has 13 atom stereocenters. The lowest BCUT2D eigenvalue weighted by Gasteiger charge is -2.47. The van der Waals surface area contributed by atoms with E-state index >= 15 is 0 Å². The third-order valence-corrected chi connectivity index (χ3v) is 7.73. The number of nitrogens with one attached hydrogen (secondary N) is 4. The quantitative estimate of drug-likeness (QED) is 0.0786. The van der Waals surface area contributed by atoms with Gasteiger partial charge in [0.1, 0.15) is 66.9 Å². The van der Waals surface area contributed by atoms with Crippen molar-refractivity contribution in [2.45, 2.75) is 120 Å². The highest BCUT2D eigenvalue weighted by Gasteiger charge is 2.56. The number of amides is 4. The van der Waals surface area contributed by atoms with Crippen molar-refractivity contribution in [3.05, 3.63) is 0 Å². The number of carbonyl (C=O) groups is 6. The van der Waals surface area contributed by atoms with Gasteiger partial charge in [-0.2, -0.15) is 0 Å². The van der Waals surface area contributed by atoms with Crippen molar-refractivity contribution in [3.8, 4) is 0 Å². The van der Waals surface area contributed by atoms with Gasteiger partial charge < -0.3 is 70.5 Å². The van der Waals surface area contributed by atoms with Gasteiger partial charge in [-0.3, -0.25) is 24.0 Å². The van der Waals surface area contributed by atoms with E-state index in [2.05, 4.69) is 21.3 Å². The maximum atomic E-state index is 13.1. The van der Waals surface area contributed by atoms with Gasteiger partial charge in [0.25, 0.3) is 0 Å². The summed E-state index contributed by atoms with van der Waals surface area (Å²) in [7, 11) is 0. The van der Waals surface area contributed by atoms with E-state index in [0.29, 0.717) is 0 Å². The van der Waals surface area contributed by atoms with Crippen molar-refractivity contribution < 1.29 is 78.0 Å². The number of hydrogen-bond donors (Lipinski definition) is 9. The summed E-state index contributed by atoms with van der Waals surface area (Å²) in [5.41, 5.74) is 0. The van der Waals surface area contributed by atoms with Crippen molar-refractivity contribution in [2.24, 2.45) is 0 Å². The van der Waals surface area contributed by atoms with Gasteiger partial charge in [-0.15, -0.1) is 0 Å². The number of rotatable bonds is 15. The fourth-order valence-electron chi connectivity index (χ4n) is 5.34. The molecule has 47 heavy (non-hydrogen) atoms. The Hall–Kier alpha value is -3.50. The average molecular weight is 679 g/mol. The van der Waals surface area contributed by atoms with Crippen LogP contribution in [0.2, 0.25) is 0 Å². The maximum absolute atomic E-state index is 13.1. The lowest BCUT2D eigenvalue weighted by atomic mass is 9.95. The molecule has 20 heteroatoms. The van der Waals surface area contributed by atoms with Gasteiger partial charge in [0, 0.05) is 20.3 Å². The molecule has 4 amide bonds. The number of hydrogen-bond acceptors (Lipinski definition) is 14. The summed E-state index contributed by atoms with van der Waals surface area (Å²) >= 11 is 0. The minimum atomic E-state index is -1.64. The van der Waals surface area contributed by atoms with Crippen LogP contribution >= 0.6 is 0 Å². The maximum Gasteiger partial charge on any atom is 0.326 e. The summed E-state index contributed by atoms with van der Waals surface area (Å²) in [5, 5.41) is 58.6. The second-order valence-electron chi connectivity index (χ2n) is 11.4. The van der Waals surface area contributed by atoms with Crippen LogP contribution in [0.5, 0.6) is 0 Å². The molecule has 2 bridgehead atoms. The Morgan fingerprint density at radius 1 is 0.872 bits per heavy atom. The predicted molar refractivity (Wildman–Crippen MR) is 151 cm³/mol. The molecule has 0 aromatic heterocycles. The Labute approximate surface area is 268 Å². The van der Waals surface area contributed by atoms with Crippen molar-refractivity contribution in [1.82, 2.24) is 21.3 Å². The second-order valence-corrected chi connectivity index (χ2v) is 11.4. The molecule has 0 aromatic carbocycles. The smallest absolute Gasteiger partial charge is 0.326 e. The molecule has 3 aliphatic rings. The van der Waals surface area contributed by atoms with E-state index in [-0.39, 0.29) is 13.0 Å². The van der Waals surface area contributed by atoms with E-state index in [0.717, 1.165) is 6.92 Å². The highest BCUT2D eigenvalue weighted by molar-refractivity contribution is 5.91. The third kappa shape index (κ3) is 9.76. The number of carbonyl (C=O) groups excluding carboxylic acids is 4. The van der Waals surface area contributed by atoms with Gasteiger partial charge in [0.05, 0.1) is 13.2 Å². The zero-order chi connectivity index (χ0) is 35.2. The summed E-state index contributed by atoms with van der Waals surface area (Å²) in [6.45, 7) is 4.18. The average Bonchev–Trinajstić information content (AvgIpc) is 3.43. The van der Waals surface area contributed by atoms with Gasteiger partial charge in [0.2, 0.25) is 23.6 Å². The standard InChI is InChI=1S/C27H42N4O16/c1-9(23(39)31-13(25(41)42)5-6-16(35)36)28-24(40)10(2)44-22-18(30-12(4)34)26-43-8-15(46-26)21(22)47-27-17(29-11(3)33)20(38)19(37)14(7-32)45-27/h9-10,13-15,17-22,26-27,32,37-38H,5-8H2,1-4H3,(H,28,40)(H,29,33)(H,30,34)(H,31,39)(H,35,36)(H,41,42). The number of carboxylic acid groups (broad SMARTS) is 2.